The highest BCUT2D eigenvalue weighted by Crippen LogP contribution is 2.30. The molecule has 6 rings (SSSR count). The van der Waals surface area contributed by atoms with E-state index >= 15 is 0 Å². The van der Waals surface area contributed by atoms with Crippen molar-refractivity contribution in [1.29, 1.82) is 0 Å². The van der Waals surface area contributed by atoms with Gasteiger partial charge in [0.1, 0.15) is 11.3 Å². The molecule has 0 saturated carbocycles. The molecule has 0 radical (unpaired) electrons. The fraction of sp³-hybridized carbons (Fsp3) is 0.0769. The Hall–Kier alpha value is -5.52. The van der Waals surface area contributed by atoms with Crippen molar-refractivity contribution < 1.29 is 14.2 Å². The fourth-order valence-corrected chi connectivity index (χ4v) is 4.08. The quantitative estimate of drug-likeness (QED) is 0.322. The van der Waals surface area contributed by atoms with Crippen LogP contribution in [-0.2, 0) is 6.54 Å². The third-order valence-electron chi connectivity index (χ3n) is 5.90. The summed E-state index contributed by atoms with van der Waals surface area (Å²) in [6.45, 7) is 2.58. The maximum Gasteiger partial charge on any atom is 0.255 e. The van der Waals surface area contributed by atoms with Crippen LogP contribution >= 0.6 is 0 Å². The normalized spacial score (nSPS) is 11.1. The summed E-state index contributed by atoms with van der Waals surface area (Å²) in [6, 6.07) is 16.1. The van der Waals surface area contributed by atoms with E-state index in [9.17, 15) is 4.79 Å². The summed E-state index contributed by atoms with van der Waals surface area (Å²) in [5.74, 6) is 1.33. The number of amides is 1. The summed E-state index contributed by atoms with van der Waals surface area (Å²) in [4.78, 5) is 25.8. The van der Waals surface area contributed by atoms with E-state index in [0.717, 1.165) is 11.2 Å². The molecule has 2 aromatic carbocycles. The number of nitrogens with zero attached hydrogens (tertiary/aromatic N) is 7. The molecule has 0 aliphatic heterocycles. The van der Waals surface area contributed by atoms with Crippen molar-refractivity contribution in [2.24, 2.45) is 0 Å². The van der Waals surface area contributed by atoms with E-state index in [0.29, 0.717) is 46.5 Å². The van der Waals surface area contributed by atoms with Gasteiger partial charge in [0.15, 0.2) is 17.3 Å². The van der Waals surface area contributed by atoms with Gasteiger partial charge in [0, 0.05) is 48.0 Å². The zero-order valence-corrected chi connectivity index (χ0v) is 20.1. The molecule has 12 nitrogen and oxygen atoms in total. The summed E-state index contributed by atoms with van der Waals surface area (Å²) >= 11 is 0. The van der Waals surface area contributed by atoms with E-state index in [4.69, 9.17) is 15.1 Å². The van der Waals surface area contributed by atoms with Crippen molar-refractivity contribution in [1.82, 2.24) is 34.4 Å². The topological polar surface area (TPSA) is 152 Å². The molecule has 0 bridgehead atoms. The lowest BCUT2D eigenvalue weighted by Gasteiger charge is -2.10. The first-order valence-corrected chi connectivity index (χ1v) is 11.7. The molecule has 188 valence electrons. The van der Waals surface area contributed by atoms with Crippen LogP contribution in [0.25, 0.3) is 28.2 Å². The number of pyridine rings is 1. The van der Waals surface area contributed by atoms with Crippen LogP contribution in [0.2, 0.25) is 0 Å². The first kappa shape index (κ1) is 22.9. The number of nitrogen functional groups attached to an aromatic ring is 1. The number of anilines is 2. The number of nitrogens with one attached hydrogen (secondary N) is 1. The first-order chi connectivity index (χ1) is 18.6. The minimum atomic E-state index is -0.236. The second kappa shape index (κ2) is 9.50. The lowest BCUT2D eigenvalue weighted by atomic mass is 10.2. The van der Waals surface area contributed by atoms with Crippen molar-refractivity contribution in [2.75, 3.05) is 11.1 Å². The molecule has 0 atom stereocenters. The van der Waals surface area contributed by atoms with Gasteiger partial charge in [-0.3, -0.25) is 4.79 Å². The molecule has 4 aromatic heterocycles. The van der Waals surface area contributed by atoms with Gasteiger partial charge >= 0.3 is 0 Å². The maximum atomic E-state index is 12.8. The molecule has 0 aliphatic rings. The summed E-state index contributed by atoms with van der Waals surface area (Å²) in [5.41, 5.74) is 9.70. The number of nitrogens with two attached hydrogens (primary N) is 1. The second-order valence-electron chi connectivity index (χ2n) is 8.29. The number of aromatic nitrogens is 7. The number of hydrogen-bond acceptors (Lipinski definition) is 9. The maximum absolute atomic E-state index is 12.8. The van der Waals surface area contributed by atoms with Crippen LogP contribution in [0.15, 0.2) is 84.1 Å². The van der Waals surface area contributed by atoms with E-state index in [1.54, 1.807) is 61.2 Å². The van der Waals surface area contributed by atoms with Crippen LogP contribution in [0.5, 0.6) is 11.6 Å². The van der Waals surface area contributed by atoms with Crippen molar-refractivity contribution in [3.8, 4) is 28.8 Å². The third kappa shape index (κ3) is 4.30. The van der Waals surface area contributed by atoms with E-state index in [2.05, 4.69) is 30.6 Å². The molecular weight excluding hydrogens is 486 g/mol. The Bertz CT molecular complexity index is 1740. The van der Waals surface area contributed by atoms with Gasteiger partial charge in [-0.25, -0.2) is 19.6 Å². The van der Waals surface area contributed by atoms with Crippen molar-refractivity contribution in [3.05, 3.63) is 85.1 Å². The molecule has 12 heteroatoms. The number of imidazole rings is 2. The average Bonchev–Trinajstić information content (AvgIpc) is 3.69. The molecular formula is C26H21N9O3. The van der Waals surface area contributed by atoms with Crippen LogP contribution in [0, 0.1) is 0 Å². The Balaban J connectivity index is 1.20. The van der Waals surface area contributed by atoms with E-state index < -0.39 is 0 Å². The number of benzene rings is 2. The Morgan fingerprint density at radius 3 is 2.74 bits per heavy atom. The summed E-state index contributed by atoms with van der Waals surface area (Å²) in [5, 5.41) is 10.4. The lowest BCUT2D eigenvalue weighted by Crippen LogP contribution is -2.11. The van der Waals surface area contributed by atoms with Crippen LogP contribution in [0.1, 0.15) is 17.3 Å². The summed E-state index contributed by atoms with van der Waals surface area (Å²) < 4.78 is 14.5. The van der Waals surface area contributed by atoms with Gasteiger partial charge in [-0.05, 0) is 53.6 Å². The van der Waals surface area contributed by atoms with Gasteiger partial charge < -0.3 is 24.9 Å². The standard InChI is InChI=1S/C26H21N9O3/c1-2-35-21-13-22(29-14-20(21)31-25(35)23-24(27)33-38-32-23)37-19-5-3-4-17(12-19)30-26(36)16-6-8-18(9-7-16)34-11-10-28-15-34/h3-15H,2H2,1H3,(H2,27,33)(H,30,36). The number of carbonyl (C=O) groups excluding carboxylic acids is 1. The molecule has 3 N–H and O–H groups in total. The Labute approximate surface area is 215 Å². The molecule has 0 saturated heterocycles. The molecule has 1 amide bonds. The highest BCUT2D eigenvalue weighted by atomic mass is 16.6. The smallest absolute Gasteiger partial charge is 0.255 e. The van der Waals surface area contributed by atoms with Gasteiger partial charge in [-0.2, -0.15) is 0 Å². The van der Waals surface area contributed by atoms with Gasteiger partial charge in [-0.1, -0.05) is 6.07 Å². The highest BCUT2D eigenvalue weighted by Gasteiger charge is 2.19. The monoisotopic (exact) mass is 507 g/mol. The SMILES string of the molecule is CCn1c(-c2nonc2N)nc2cnc(Oc3cccc(NC(=O)c4ccc(-n5ccnc5)cc4)c3)cc21. The Morgan fingerprint density at radius 2 is 2.00 bits per heavy atom. The van der Waals surface area contributed by atoms with Crippen LogP contribution < -0.4 is 15.8 Å². The number of aryl methyl sites for hydroxylation is 1. The number of rotatable bonds is 7. The first-order valence-electron chi connectivity index (χ1n) is 11.7. The Morgan fingerprint density at radius 1 is 1.13 bits per heavy atom. The van der Waals surface area contributed by atoms with Crippen molar-refractivity contribution in [2.45, 2.75) is 13.5 Å². The Kier molecular flexibility index (Phi) is 5.73. The molecule has 4 heterocycles. The summed E-state index contributed by atoms with van der Waals surface area (Å²) in [7, 11) is 0. The predicted octanol–water partition coefficient (Wildman–Crippen LogP) is 4.31. The minimum Gasteiger partial charge on any atom is -0.439 e. The van der Waals surface area contributed by atoms with E-state index in [1.807, 2.05) is 34.4 Å². The predicted molar refractivity (Wildman–Crippen MR) is 139 cm³/mol. The van der Waals surface area contributed by atoms with Gasteiger partial charge in [-0.15, -0.1) is 0 Å². The van der Waals surface area contributed by atoms with E-state index in [-0.39, 0.29) is 11.7 Å². The number of ether oxygens (including phenoxy) is 1. The van der Waals surface area contributed by atoms with Crippen LogP contribution in [-0.4, -0.2) is 40.3 Å². The minimum absolute atomic E-state index is 0.160. The largest absolute Gasteiger partial charge is 0.439 e. The van der Waals surface area contributed by atoms with Gasteiger partial charge in [0.25, 0.3) is 5.91 Å². The number of fused-ring (bicyclic) bond motifs is 1. The fourth-order valence-electron chi connectivity index (χ4n) is 4.08. The molecule has 0 aliphatic carbocycles. The second-order valence-corrected chi connectivity index (χ2v) is 8.29. The van der Waals surface area contributed by atoms with Crippen LogP contribution in [0.4, 0.5) is 11.5 Å². The molecule has 0 unspecified atom stereocenters. The molecule has 6 aromatic rings. The summed E-state index contributed by atoms with van der Waals surface area (Å²) in [6.07, 6.45) is 6.85. The number of hydrogen-bond donors (Lipinski definition) is 2. The number of carbonyl (C=O) groups is 1. The van der Waals surface area contributed by atoms with E-state index in [1.165, 1.54) is 0 Å². The highest BCUT2D eigenvalue weighted by molar-refractivity contribution is 6.04. The van der Waals surface area contributed by atoms with Crippen molar-refractivity contribution >= 4 is 28.4 Å². The van der Waals surface area contributed by atoms with Gasteiger partial charge in [0.2, 0.25) is 5.88 Å². The van der Waals surface area contributed by atoms with Gasteiger partial charge in [0.05, 0.1) is 18.0 Å². The lowest BCUT2D eigenvalue weighted by molar-refractivity contribution is 0.102. The third-order valence-corrected chi connectivity index (χ3v) is 5.90. The molecule has 0 fully saturated rings. The molecule has 38 heavy (non-hydrogen) atoms. The van der Waals surface area contributed by atoms with Crippen molar-refractivity contribution in [3.63, 3.8) is 0 Å². The zero-order valence-electron chi connectivity index (χ0n) is 20.1. The van der Waals surface area contributed by atoms with Crippen LogP contribution in [0.3, 0.4) is 0 Å². The molecule has 0 spiro atoms. The zero-order chi connectivity index (χ0) is 26.1. The average molecular weight is 508 g/mol.